The molecular formula is C24H29FN2O2. The van der Waals surface area contributed by atoms with E-state index in [1.807, 2.05) is 28.9 Å². The SMILES string of the molecule is CCC(Oc1ccc2c(c1)CCCC2)C(=O)N1CCN(c2ccccc2F)CC1. The van der Waals surface area contributed by atoms with E-state index in [0.29, 0.717) is 38.3 Å². The second-order valence-electron chi connectivity index (χ2n) is 7.92. The van der Waals surface area contributed by atoms with Crippen molar-refractivity contribution >= 4 is 11.6 Å². The fourth-order valence-electron chi connectivity index (χ4n) is 4.34. The van der Waals surface area contributed by atoms with Crippen LogP contribution in [0.3, 0.4) is 0 Å². The Labute approximate surface area is 172 Å². The molecule has 1 saturated heterocycles. The van der Waals surface area contributed by atoms with E-state index in [1.165, 1.54) is 30.0 Å². The third kappa shape index (κ3) is 4.39. The number of aryl methyl sites for hydroxylation is 2. The van der Waals surface area contributed by atoms with Crippen LogP contribution in [-0.4, -0.2) is 43.1 Å². The maximum atomic E-state index is 14.0. The van der Waals surface area contributed by atoms with Gasteiger partial charge in [0.05, 0.1) is 5.69 Å². The second kappa shape index (κ2) is 8.85. The summed E-state index contributed by atoms with van der Waals surface area (Å²) in [5.74, 6) is 0.601. The average Bonchev–Trinajstić information content (AvgIpc) is 2.77. The van der Waals surface area contributed by atoms with Crippen molar-refractivity contribution in [2.75, 3.05) is 31.1 Å². The number of piperazine rings is 1. The smallest absolute Gasteiger partial charge is 0.263 e. The predicted molar refractivity (Wildman–Crippen MR) is 113 cm³/mol. The monoisotopic (exact) mass is 396 g/mol. The van der Waals surface area contributed by atoms with Crippen LogP contribution in [0, 0.1) is 5.82 Å². The van der Waals surface area contributed by atoms with Crippen molar-refractivity contribution in [1.82, 2.24) is 4.90 Å². The third-order valence-electron chi connectivity index (χ3n) is 6.03. The van der Waals surface area contributed by atoms with Crippen LogP contribution in [0.5, 0.6) is 5.75 Å². The van der Waals surface area contributed by atoms with E-state index in [2.05, 4.69) is 12.1 Å². The van der Waals surface area contributed by atoms with Crippen molar-refractivity contribution in [3.63, 3.8) is 0 Å². The highest BCUT2D eigenvalue weighted by Crippen LogP contribution is 2.27. The summed E-state index contributed by atoms with van der Waals surface area (Å²) < 4.78 is 20.1. The number of ether oxygens (including phenoxy) is 1. The lowest BCUT2D eigenvalue weighted by atomic mass is 9.92. The van der Waals surface area contributed by atoms with Crippen LogP contribution in [0.2, 0.25) is 0 Å². The average molecular weight is 397 g/mol. The zero-order valence-electron chi connectivity index (χ0n) is 17.1. The number of amides is 1. The summed E-state index contributed by atoms with van der Waals surface area (Å²) in [6.45, 7) is 4.40. The minimum atomic E-state index is -0.475. The van der Waals surface area contributed by atoms with E-state index in [0.717, 1.165) is 18.6 Å². The quantitative estimate of drug-likeness (QED) is 0.759. The van der Waals surface area contributed by atoms with Crippen molar-refractivity contribution < 1.29 is 13.9 Å². The molecule has 1 amide bonds. The summed E-state index contributed by atoms with van der Waals surface area (Å²) >= 11 is 0. The van der Waals surface area contributed by atoms with Gasteiger partial charge in [-0.3, -0.25) is 4.79 Å². The van der Waals surface area contributed by atoms with Crippen molar-refractivity contribution in [3.8, 4) is 5.75 Å². The van der Waals surface area contributed by atoms with Crippen LogP contribution in [0.4, 0.5) is 10.1 Å². The molecule has 0 N–H and O–H groups in total. The molecule has 1 heterocycles. The lowest BCUT2D eigenvalue weighted by Crippen LogP contribution is -2.52. The summed E-state index contributed by atoms with van der Waals surface area (Å²) in [5.41, 5.74) is 3.37. The molecule has 5 heteroatoms. The molecule has 1 aliphatic heterocycles. The molecule has 1 fully saturated rings. The number of hydrogen-bond acceptors (Lipinski definition) is 3. The van der Waals surface area contributed by atoms with Gasteiger partial charge in [0.2, 0.25) is 0 Å². The van der Waals surface area contributed by atoms with Gasteiger partial charge < -0.3 is 14.5 Å². The molecule has 0 spiro atoms. The Morgan fingerprint density at radius 3 is 2.48 bits per heavy atom. The first-order chi connectivity index (χ1) is 14.2. The molecule has 0 aromatic heterocycles. The van der Waals surface area contributed by atoms with Gasteiger partial charge in [-0.25, -0.2) is 4.39 Å². The van der Waals surface area contributed by atoms with Crippen LogP contribution in [-0.2, 0) is 17.6 Å². The molecule has 2 aliphatic rings. The van der Waals surface area contributed by atoms with Crippen LogP contribution < -0.4 is 9.64 Å². The van der Waals surface area contributed by atoms with Crippen molar-refractivity contribution in [3.05, 3.63) is 59.4 Å². The zero-order chi connectivity index (χ0) is 20.2. The Kier molecular flexibility index (Phi) is 6.02. The standard InChI is InChI=1S/C24H29FN2O2/c1-2-23(29-20-12-11-18-7-3-4-8-19(18)17-20)24(28)27-15-13-26(14-16-27)22-10-6-5-9-21(22)25/h5-6,9-12,17,23H,2-4,7-8,13-16H2,1H3. The highest BCUT2D eigenvalue weighted by Gasteiger charge is 2.28. The molecule has 2 aromatic carbocycles. The molecule has 1 unspecified atom stereocenters. The fraction of sp³-hybridized carbons (Fsp3) is 0.458. The van der Waals surface area contributed by atoms with Crippen LogP contribution in [0.1, 0.15) is 37.3 Å². The third-order valence-corrected chi connectivity index (χ3v) is 6.03. The number of benzene rings is 2. The molecule has 0 radical (unpaired) electrons. The lowest BCUT2D eigenvalue weighted by molar-refractivity contribution is -0.139. The first-order valence-electron chi connectivity index (χ1n) is 10.7. The molecule has 1 aliphatic carbocycles. The molecule has 0 bridgehead atoms. The number of carbonyl (C=O) groups is 1. The van der Waals surface area contributed by atoms with Crippen molar-refractivity contribution in [1.29, 1.82) is 0 Å². The van der Waals surface area contributed by atoms with E-state index in [9.17, 15) is 9.18 Å². The number of fused-ring (bicyclic) bond motifs is 1. The van der Waals surface area contributed by atoms with Gasteiger partial charge in [0.15, 0.2) is 6.10 Å². The van der Waals surface area contributed by atoms with Gasteiger partial charge in [0.25, 0.3) is 5.91 Å². The van der Waals surface area contributed by atoms with Gasteiger partial charge >= 0.3 is 0 Å². The number of rotatable bonds is 5. The van der Waals surface area contributed by atoms with Gasteiger partial charge in [0, 0.05) is 26.2 Å². The van der Waals surface area contributed by atoms with Gasteiger partial charge in [0.1, 0.15) is 11.6 Å². The predicted octanol–water partition coefficient (Wildman–Crippen LogP) is 4.21. The number of para-hydroxylation sites is 1. The molecule has 0 saturated carbocycles. The Bertz CT molecular complexity index is 862. The molecule has 4 rings (SSSR count). The first-order valence-corrected chi connectivity index (χ1v) is 10.7. The van der Waals surface area contributed by atoms with Gasteiger partial charge in [-0.15, -0.1) is 0 Å². The molecule has 2 aromatic rings. The van der Waals surface area contributed by atoms with E-state index in [1.54, 1.807) is 12.1 Å². The zero-order valence-corrected chi connectivity index (χ0v) is 17.1. The Morgan fingerprint density at radius 1 is 1.03 bits per heavy atom. The minimum absolute atomic E-state index is 0.0263. The normalized spacial score (nSPS) is 17.6. The van der Waals surface area contributed by atoms with Crippen molar-refractivity contribution in [2.24, 2.45) is 0 Å². The van der Waals surface area contributed by atoms with Crippen LogP contribution in [0.25, 0.3) is 0 Å². The fourth-order valence-corrected chi connectivity index (χ4v) is 4.34. The van der Waals surface area contributed by atoms with Gasteiger partial charge in [-0.05, 0) is 67.5 Å². The number of hydrogen-bond donors (Lipinski definition) is 0. The molecular weight excluding hydrogens is 367 g/mol. The topological polar surface area (TPSA) is 32.8 Å². The summed E-state index contributed by atoms with van der Waals surface area (Å²) in [5, 5.41) is 0. The van der Waals surface area contributed by atoms with Crippen molar-refractivity contribution in [2.45, 2.75) is 45.1 Å². The molecule has 154 valence electrons. The van der Waals surface area contributed by atoms with E-state index < -0.39 is 6.10 Å². The van der Waals surface area contributed by atoms with E-state index >= 15 is 0 Å². The minimum Gasteiger partial charge on any atom is -0.481 e. The maximum absolute atomic E-state index is 14.0. The number of carbonyl (C=O) groups excluding carboxylic acids is 1. The first kappa shape index (κ1) is 19.7. The Balaban J connectivity index is 1.37. The van der Waals surface area contributed by atoms with Gasteiger partial charge in [-0.1, -0.05) is 25.1 Å². The summed E-state index contributed by atoms with van der Waals surface area (Å²) in [4.78, 5) is 16.9. The highest BCUT2D eigenvalue weighted by molar-refractivity contribution is 5.81. The highest BCUT2D eigenvalue weighted by atomic mass is 19.1. The number of anilines is 1. The largest absolute Gasteiger partial charge is 0.481 e. The summed E-state index contributed by atoms with van der Waals surface area (Å²) in [6, 6.07) is 13.1. The second-order valence-corrected chi connectivity index (χ2v) is 7.92. The van der Waals surface area contributed by atoms with Gasteiger partial charge in [-0.2, -0.15) is 0 Å². The maximum Gasteiger partial charge on any atom is 0.263 e. The molecule has 29 heavy (non-hydrogen) atoms. The number of nitrogens with zero attached hydrogens (tertiary/aromatic N) is 2. The Hall–Kier alpha value is -2.56. The summed E-state index contributed by atoms with van der Waals surface area (Å²) in [7, 11) is 0. The number of halogens is 1. The van der Waals surface area contributed by atoms with Crippen LogP contribution >= 0.6 is 0 Å². The van der Waals surface area contributed by atoms with E-state index in [-0.39, 0.29) is 11.7 Å². The summed E-state index contributed by atoms with van der Waals surface area (Å²) in [6.07, 6.45) is 4.86. The lowest BCUT2D eigenvalue weighted by Gasteiger charge is -2.37. The van der Waals surface area contributed by atoms with Crippen LogP contribution in [0.15, 0.2) is 42.5 Å². The van der Waals surface area contributed by atoms with E-state index in [4.69, 9.17) is 4.74 Å². The Morgan fingerprint density at radius 2 is 1.76 bits per heavy atom. The molecule has 1 atom stereocenters. The molecule has 4 nitrogen and oxygen atoms in total.